The SMILES string of the molecule is CCc1ccccc1NC(=O)c1cnc(Nc2cc(C)on2)cn1. The lowest BCUT2D eigenvalue weighted by molar-refractivity contribution is 0.102. The van der Waals surface area contributed by atoms with E-state index in [1.165, 1.54) is 12.4 Å². The van der Waals surface area contributed by atoms with Crippen molar-refractivity contribution in [2.45, 2.75) is 20.3 Å². The molecule has 0 atom stereocenters. The van der Waals surface area contributed by atoms with Crippen LogP contribution in [0.1, 0.15) is 28.7 Å². The minimum Gasteiger partial charge on any atom is -0.360 e. The van der Waals surface area contributed by atoms with Crippen LogP contribution in [0.25, 0.3) is 0 Å². The van der Waals surface area contributed by atoms with Crippen molar-refractivity contribution in [3.05, 3.63) is 59.7 Å². The fraction of sp³-hybridized carbons (Fsp3) is 0.176. The number of aromatic nitrogens is 3. The monoisotopic (exact) mass is 323 g/mol. The van der Waals surface area contributed by atoms with Crippen molar-refractivity contribution < 1.29 is 9.32 Å². The summed E-state index contributed by atoms with van der Waals surface area (Å²) in [5.74, 6) is 1.41. The van der Waals surface area contributed by atoms with Gasteiger partial charge >= 0.3 is 0 Å². The Labute approximate surface area is 139 Å². The van der Waals surface area contributed by atoms with Crippen LogP contribution in [0, 0.1) is 6.92 Å². The minimum atomic E-state index is -0.299. The third kappa shape index (κ3) is 3.57. The van der Waals surface area contributed by atoms with Gasteiger partial charge in [0.2, 0.25) is 0 Å². The first kappa shape index (κ1) is 15.7. The fourth-order valence-corrected chi connectivity index (χ4v) is 2.20. The number of para-hydroxylation sites is 1. The van der Waals surface area contributed by atoms with E-state index >= 15 is 0 Å². The van der Waals surface area contributed by atoms with Gasteiger partial charge in [-0.2, -0.15) is 0 Å². The largest absolute Gasteiger partial charge is 0.360 e. The fourth-order valence-electron chi connectivity index (χ4n) is 2.20. The summed E-state index contributed by atoms with van der Waals surface area (Å²) in [5, 5.41) is 9.62. The van der Waals surface area contributed by atoms with E-state index < -0.39 is 0 Å². The van der Waals surface area contributed by atoms with Gasteiger partial charge in [0.15, 0.2) is 5.82 Å². The van der Waals surface area contributed by atoms with Crippen molar-refractivity contribution in [1.29, 1.82) is 0 Å². The minimum absolute atomic E-state index is 0.239. The maximum atomic E-state index is 12.3. The Morgan fingerprint density at radius 3 is 2.67 bits per heavy atom. The van der Waals surface area contributed by atoms with Crippen molar-refractivity contribution in [3.8, 4) is 0 Å². The average Bonchev–Trinajstić information content (AvgIpc) is 3.01. The summed E-state index contributed by atoms with van der Waals surface area (Å²) in [5.41, 5.74) is 2.09. The van der Waals surface area contributed by atoms with E-state index in [0.29, 0.717) is 17.4 Å². The van der Waals surface area contributed by atoms with Crippen LogP contribution >= 0.6 is 0 Å². The summed E-state index contributed by atoms with van der Waals surface area (Å²) < 4.78 is 4.96. The third-order valence-electron chi connectivity index (χ3n) is 3.42. The van der Waals surface area contributed by atoms with Gasteiger partial charge in [-0.1, -0.05) is 30.3 Å². The van der Waals surface area contributed by atoms with Crippen molar-refractivity contribution >= 4 is 23.2 Å². The van der Waals surface area contributed by atoms with Gasteiger partial charge < -0.3 is 15.2 Å². The predicted molar refractivity (Wildman–Crippen MR) is 90.3 cm³/mol. The van der Waals surface area contributed by atoms with Crippen LogP contribution in [0.3, 0.4) is 0 Å². The molecular weight excluding hydrogens is 306 g/mol. The lowest BCUT2D eigenvalue weighted by Gasteiger charge is -2.09. The van der Waals surface area contributed by atoms with Crippen molar-refractivity contribution in [2.75, 3.05) is 10.6 Å². The molecule has 0 radical (unpaired) electrons. The van der Waals surface area contributed by atoms with Crippen LogP contribution in [0.5, 0.6) is 0 Å². The molecule has 0 aliphatic heterocycles. The molecule has 0 bridgehead atoms. The molecule has 7 nitrogen and oxygen atoms in total. The van der Waals surface area contributed by atoms with Gasteiger partial charge in [0.05, 0.1) is 12.4 Å². The molecule has 0 spiro atoms. The van der Waals surface area contributed by atoms with Gasteiger partial charge in [-0.05, 0) is 25.0 Å². The lowest BCUT2D eigenvalue weighted by Crippen LogP contribution is -2.15. The molecule has 24 heavy (non-hydrogen) atoms. The maximum Gasteiger partial charge on any atom is 0.275 e. The molecule has 0 aliphatic rings. The van der Waals surface area contributed by atoms with Crippen molar-refractivity contribution in [1.82, 2.24) is 15.1 Å². The second kappa shape index (κ2) is 6.91. The topological polar surface area (TPSA) is 92.9 Å². The molecule has 0 saturated carbocycles. The molecule has 2 aromatic heterocycles. The smallest absolute Gasteiger partial charge is 0.275 e. The number of nitrogens with one attached hydrogen (secondary N) is 2. The lowest BCUT2D eigenvalue weighted by atomic mass is 10.1. The van der Waals surface area contributed by atoms with Crippen molar-refractivity contribution in [3.63, 3.8) is 0 Å². The third-order valence-corrected chi connectivity index (χ3v) is 3.42. The van der Waals surface area contributed by atoms with Gasteiger partial charge in [0.25, 0.3) is 5.91 Å². The zero-order chi connectivity index (χ0) is 16.9. The molecule has 3 rings (SSSR count). The number of benzene rings is 1. The highest BCUT2D eigenvalue weighted by molar-refractivity contribution is 6.03. The number of aryl methyl sites for hydroxylation is 2. The highest BCUT2D eigenvalue weighted by Gasteiger charge is 2.11. The van der Waals surface area contributed by atoms with E-state index in [9.17, 15) is 4.79 Å². The molecular formula is C17H17N5O2. The summed E-state index contributed by atoms with van der Waals surface area (Å²) in [6, 6.07) is 9.42. The Hall–Kier alpha value is -3.22. The first-order valence-corrected chi connectivity index (χ1v) is 7.57. The van der Waals surface area contributed by atoms with E-state index in [2.05, 4.69) is 25.8 Å². The highest BCUT2D eigenvalue weighted by atomic mass is 16.5. The van der Waals surface area contributed by atoms with Gasteiger partial charge in [0.1, 0.15) is 17.3 Å². The van der Waals surface area contributed by atoms with Crippen molar-refractivity contribution in [2.24, 2.45) is 0 Å². The number of carbonyl (C=O) groups is 1. The molecule has 0 unspecified atom stereocenters. The van der Waals surface area contributed by atoms with E-state index in [1.54, 1.807) is 13.0 Å². The predicted octanol–water partition coefficient (Wildman–Crippen LogP) is 3.33. The van der Waals surface area contributed by atoms with Crippen LogP contribution in [-0.4, -0.2) is 21.0 Å². The van der Waals surface area contributed by atoms with Crippen LogP contribution in [0.4, 0.5) is 17.3 Å². The molecule has 3 aromatic rings. The van der Waals surface area contributed by atoms with E-state index in [1.807, 2.05) is 31.2 Å². The van der Waals surface area contributed by atoms with Crippen LogP contribution in [-0.2, 0) is 6.42 Å². The zero-order valence-corrected chi connectivity index (χ0v) is 13.4. The molecule has 0 aliphatic carbocycles. The first-order valence-electron chi connectivity index (χ1n) is 7.57. The molecule has 122 valence electrons. The first-order chi connectivity index (χ1) is 11.7. The normalized spacial score (nSPS) is 10.4. The quantitative estimate of drug-likeness (QED) is 0.748. The summed E-state index contributed by atoms with van der Waals surface area (Å²) in [4.78, 5) is 20.6. The Kier molecular flexibility index (Phi) is 4.51. The van der Waals surface area contributed by atoms with E-state index in [4.69, 9.17) is 4.52 Å². The molecule has 2 N–H and O–H groups in total. The van der Waals surface area contributed by atoms with Crippen LogP contribution in [0.15, 0.2) is 47.2 Å². The standard InChI is InChI=1S/C17H17N5O2/c1-3-12-6-4-5-7-13(12)20-17(23)14-9-19-16(10-18-14)21-15-8-11(2)24-22-15/h4-10H,3H2,1-2H3,(H,20,23)(H,19,21,22). The number of nitrogens with zero attached hydrogens (tertiary/aromatic N) is 3. The van der Waals surface area contributed by atoms with Gasteiger partial charge in [-0.25, -0.2) is 9.97 Å². The number of hydrogen-bond donors (Lipinski definition) is 2. The van der Waals surface area contributed by atoms with Gasteiger partial charge in [0, 0.05) is 11.8 Å². The van der Waals surface area contributed by atoms with Crippen LogP contribution in [0.2, 0.25) is 0 Å². The molecule has 0 fully saturated rings. The van der Waals surface area contributed by atoms with Gasteiger partial charge in [-0.15, -0.1) is 0 Å². The molecule has 0 saturated heterocycles. The van der Waals surface area contributed by atoms with E-state index in [-0.39, 0.29) is 11.6 Å². The van der Waals surface area contributed by atoms with Crippen LogP contribution < -0.4 is 10.6 Å². The Bertz CT molecular complexity index is 842. The highest BCUT2D eigenvalue weighted by Crippen LogP contribution is 2.17. The maximum absolute atomic E-state index is 12.3. The molecule has 7 heteroatoms. The summed E-state index contributed by atoms with van der Waals surface area (Å²) in [6.07, 6.45) is 3.73. The number of carbonyl (C=O) groups excluding carboxylic acids is 1. The summed E-state index contributed by atoms with van der Waals surface area (Å²) >= 11 is 0. The number of anilines is 3. The molecule has 2 heterocycles. The average molecular weight is 323 g/mol. The zero-order valence-electron chi connectivity index (χ0n) is 13.4. The number of hydrogen-bond acceptors (Lipinski definition) is 6. The number of rotatable bonds is 5. The Balaban J connectivity index is 1.69. The Morgan fingerprint density at radius 2 is 2.00 bits per heavy atom. The second-order valence-corrected chi connectivity index (χ2v) is 5.20. The van der Waals surface area contributed by atoms with E-state index in [0.717, 1.165) is 17.7 Å². The number of amides is 1. The molecule has 1 aromatic carbocycles. The van der Waals surface area contributed by atoms with Gasteiger partial charge in [-0.3, -0.25) is 4.79 Å². The molecule has 1 amide bonds. The summed E-state index contributed by atoms with van der Waals surface area (Å²) in [7, 11) is 0. The summed E-state index contributed by atoms with van der Waals surface area (Å²) in [6.45, 7) is 3.84. The Morgan fingerprint density at radius 1 is 1.17 bits per heavy atom. The second-order valence-electron chi connectivity index (χ2n) is 5.20.